The van der Waals surface area contributed by atoms with Crippen LogP contribution in [0.2, 0.25) is 0 Å². The molecule has 7 heteroatoms. The molecule has 1 aromatic rings. The van der Waals surface area contributed by atoms with Crippen molar-refractivity contribution in [3.05, 3.63) is 30.3 Å². The van der Waals surface area contributed by atoms with Gasteiger partial charge >= 0.3 is 5.97 Å². The van der Waals surface area contributed by atoms with Crippen LogP contribution >= 0.6 is 0 Å². The summed E-state index contributed by atoms with van der Waals surface area (Å²) in [6.07, 6.45) is 2.28. The summed E-state index contributed by atoms with van der Waals surface area (Å²) in [6.45, 7) is 0.0320. The number of carbonyl (C=O) groups excluding carboxylic acids is 1. The van der Waals surface area contributed by atoms with Gasteiger partial charge in [-0.2, -0.15) is 0 Å². The minimum atomic E-state index is -3.42. The van der Waals surface area contributed by atoms with Gasteiger partial charge in [-0.05, 0) is 31.4 Å². The van der Waals surface area contributed by atoms with Crippen LogP contribution in [0, 0.1) is 11.8 Å². The summed E-state index contributed by atoms with van der Waals surface area (Å²) in [7, 11) is -3.42. The molecule has 2 unspecified atom stereocenters. The van der Waals surface area contributed by atoms with E-state index in [0.29, 0.717) is 25.7 Å². The molecule has 1 amide bonds. The third-order valence-corrected chi connectivity index (χ3v) is 5.90. The normalized spacial score (nSPS) is 21.6. The number of nitrogens with one attached hydrogen (secondary N) is 1. The molecule has 1 aliphatic rings. The lowest BCUT2D eigenvalue weighted by Crippen LogP contribution is -2.37. The molecular formula is C16H21NO5S. The molecule has 23 heavy (non-hydrogen) atoms. The van der Waals surface area contributed by atoms with E-state index < -0.39 is 21.7 Å². The Morgan fingerprint density at radius 1 is 1.13 bits per heavy atom. The number of sulfone groups is 1. The van der Waals surface area contributed by atoms with Crippen molar-refractivity contribution in [2.75, 3.05) is 12.3 Å². The fourth-order valence-corrected chi connectivity index (χ4v) is 4.03. The fourth-order valence-electron chi connectivity index (χ4n) is 2.85. The maximum Gasteiger partial charge on any atom is 0.306 e. The first-order valence-electron chi connectivity index (χ1n) is 7.68. The summed E-state index contributed by atoms with van der Waals surface area (Å²) < 4.78 is 24.2. The van der Waals surface area contributed by atoms with Crippen LogP contribution < -0.4 is 5.32 Å². The van der Waals surface area contributed by atoms with E-state index in [0.717, 1.165) is 0 Å². The standard InChI is InChI=1S/C16H21NO5S/c18-15(12-5-4-6-13(11-12)16(19)20)17-9-10-23(21,22)14-7-2-1-3-8-14/h1-3,7-8,12-13H,4-6,9-11H2,(H,17,18)(H,19,20). The number of carboxylic acid groups (broad SMARTS) is 1. The molecule has 1 saturated carbocycles. The molecule has 0 heterocycles. The molecule has 6 nitrogen and oxygen atoms in total. The largest absolute Gasteiger partial charge is 0.481 e. The van der Waals surface area contributed by atoms with Gasteiger partial charge in [-0.3, -0.25) is 9.59 Å². The molecule has 2 atom stereocenters. The minimum absolute atomic E-state index is 0.0320. The van der Waals surface area contributed by atoms with Gasteiger partial charge in [-0.1, -0.05) is 24.6 Å². The van der Waals surface area contributed by atoms with E-state index in [4.69, 9.17) is 5.11 Å². The summed E-state index contributed by atoms with van der Waals surface area (Å²) in [5.41, 5.74) is 0. The van der Waals surface area contributed by atoms with Crippen molar-refractivity contribution in [1.82, 2.24) is 5.32 Å². The SMILES string of the molecule is O=C(O)C1CCCC(C(=O)NCCS(=O)(=O)c2ccccc2)C1. The van der Waals surface area contributed by atoms with Crippen molar-refractivity contribution >= 4 is 21.7 Å². The Balaban J connectivity index is 1.84. The Morgan fingerprint density at radius 3 is 2.43 bits per heavy atom. The Kier molecular flexibility index (Phi) is 5.76. The highest BCUT2D eigenvalue weighted by Crippen LogP contribution is 2.29. The predicted octanol–water partition coefficient (Wildman–Crippen LogP) is 1.47. The highest BCUT2D eigenvalue weighted by atomic mass is 32.2. The van der Waals surface area contributed by atoms with Crippen molar-refractivity contribution < 1.29 is 23.1 Å². The Bertz CT molecular complexity index is 656. The molecule has 1 aromatic carbocycles. The van der Waals surface area contributed by atoms with Crippen LogP contribution in [-0.4, -0.2) is 37.7 Å². The first kappa shape index (κ1) is 17.5. The average Bonchev–Trinajstić information content (AvgIpc) is 2.55. The van der Waals surface area contributed by atoms with E-state index in [1.165, 1.54) is 12.1 Å². The van der Waals surface area contributed by atoms with Gasteiger partial charge in [0, 0.05) is 12.5 Å². The second-order valence-electron chi connectivity index (χ2n) is 5.82. The number of amides is 1. The number of aliphatic carboxylic acids is 1. The van der Waals surface area contributed by atoms with Crippen LogP contribution in [-0.2, 0) is 19.4 Å². The van der Waals surface area contributed by atoms with Gasteiger partial charge < -0.3 is 10.4 Å². The summed E-state index contributed by atoms with van der Waals surface area (Å²) in [5, 5.41) is 11.7. The van der Waals surface area contributed by atoms with Gasteiger partial charge in [-0.15, -0.1) is 0 Å². The minimum Gasteiger partial charge on any atom is -0.481 e. The predicted molar refractivity (Wildman–Crippen MR) is 84.6 cm³/mol. The summed E-state index contributed by atoms with van der Waals surface area (Å²) in [5.74, 6) is -2.11. The second-order valence-corrected chi connectivity index (χ2v) is 7.93. The Labute approximate surface area is 135 Å². The molecule has 2 rings (SSSR count). The van der Waals surface area contributed by atoms with Crippen LogP contribution in [0.3, 0.4) is 0 Å². The summed E-state index contributed by atoms with van der Waals surface area (Å²) in [4.78, 5) is 23.3. The zero-order chi connectivity index (χ0) is 16.9. The molecule has 1 fully saturated rings. The molecule has 0 spiro atoms. The van der Waals surface area contributed by atoms with Gasteiger partial charge in [0.15, 0.2) is 9.84 Å². The Morgan fingerprint density at radius 2 is 1.78 bits per heavy atom. The number of hydrogen-bond acceptors (Lipinski definition) is 4. The molecule has 0 bridgehead atoms. The lowest BCUT2D eigenvalue weighted by atomic mass is 9.81. The van der Waals surface area contributed by atoms with Crippen molar-refractivity contribution in [3.63, 3.8) is 0 Å². The first-order chi connectivity index (χ1) is 10.9. The van der Waals surface area contributed by atoms with Gasteiger partial charge in [0.1, 0.15) is 0 Å². The number of carboxylic acids is 1. The molecular weight excluding hydrogens is 318 g/mol. The van der Waals surface area contributed by atoms with Crippen molar-refractivity contribution in [2.24, 2.45) is 11.8 Å². The lowest BCUT2D eigenvalue weighted by Gasteiger charge is -2.25. The average molecular weight is 339 g/mol. The maximum absolute atomic E-state index is 12.1. The third-order valence-electron chi connectivity index (χ3n) is 4.17. The Hall–Kier alpha value is -1.89. The van der Waals surface area contributed by atoms with Crippen molar-refractivity contribution in [2.45, 2.75) is 30.6 Å². The molecule has 0 saturated heterocycles. The summed E-state index contributed by atoms with van der Waals surface area (Å²) >= 11 is 0. The molecule has 0 aliphatic heterocycles. The van der Waals surface area contributed by atoms with Crippen LogP contribution in [0.1, 0.15) is 25.7 Å². The first-order valence-corrected chi connectivity index (χ1v) is 9.33. The monoisotopic (exact) mass is 339 g/mol. The highest BCUT2D eigenvalue weighted by Gasteiger charge is 2.31. The van der Waals surface area contributed by atoms with Crippen LogP contribution in [0.15, 0.2) is 35.2 Å². The van der Waals surface area contributed by atoms with E-state index in [1.807, 2.05) is 0 Å². The smallest absolute Gasteiger partial charge is 0.306 e. The van der Waals surface area contributed by atoms with Crippen molar-refractivity contribution in [1.29, 1.82) is 0 Å². The maximum atomic E-state index is 12.1. The number of rotatable bonds is 6. The molecule has 0 aromatic heterocycles. The fraction of sp³-hybridized carbons (Fsp3) is 0.500. The lowest BCUT2D eigenvalue weighted by molar-refractivity contribution is -0.144. The third kappa shape index (κ3) is 4.79. The van der Waals surface area contributed by atoms with E-state index in [2.05, 4.69) is 5.32 Å². The molecule has 0 radical (unpaired) electrons. The number of carbonyl (C=O) groups is 2. The van der Waals surface area contributed by atoms with E-state index in [-0.39, 0.29) is 29.0 Å². The van der Waals surface area contributed by atoms with Crippen LogP contribution in [0.4, 0.5) is 0 Å². The van der Waals surface area contributed by atoms with Gasteiger partial charge in [0.25, 0.3) is 0 Å². The highest BCUT2D eigenvalue weighted by molar-refractivity contribution is 7.91. The van der Waals surface area contributed by atoms with Gasteiger partial charge in [0.05, 0.1) is 16.6 Å². The van der Waals surface area contributed by atoms with Crippen LogP contribution in [0.25, 0.3) is 0 Å². The van der Waals surface area contributed by atoms with E-state index in [9.17, 15) is 18.0 Å². The second kappa shape index (κ2) is 7.59. The summed E-state index contributed by atoms with van der Waals surface area (Å²) in [6, 6.07) is 8.09. The number of hydrogen-bond donors (Lipinski definition) is 2. The van der Waals surface area contributed by atoms with E-state index >= 15 is 0 Å². The van der Waals surface area contributed by atoms with Crippen LogP contribution in [0.5, 0.6) is 0 Å². The molecule has 2 N–H and O–H groups in total. The molecule has 1 aliphatic carbocycles. The molecule has 126 valence electrons. The zero-order valence-corrected chi connectivity index (χ0v) is 13.6. The topological polar surface area (TPSA) is 101 Å². The van der Waals surface area contributed by atoms with E-state index in [1.54, 1.807) is 18.2 Å². The quantitative estimate of drug-likeness (QED) is 0.817. The van der Waals surface area contributed by atoms with Gasteiger partial charge in [-0.25, -0.2) is 8.42 Å². The van der Waals surface area contributed by atoms with Gasteiger partial charge in [0.2, 0.25) is 5.91 Å². The van der Waals surface area contributed by atoms with Crippen molar-refractivity contribution in [3.8, 4) is 0 Å². The number of benzene rings is 1. The zero-order valence-electron chi connectivity index (χ0n) is 12.8.